The molecule has 0 aromatic heterocycles. The number of nitrogens with zero attached hydrogens (tertiary/aromatic N) is 1. The molecule has 1 heterocycles. The summed E-state index contributed by atoms with van der Waals surface area (Å²) in [6.07, 6.45) is -0.0346. The van der Waals surface area contributed by atoms with E-state index in [1.54, 1.807) is 19.1 Å². The van der Waals surface area contributed by atoms with Gasteiger partial charge in [-0.3, -0.25) is 4.79 Å². The third-order valence-corrected chi connectivity index (χ3v) is 8.22. The number of amides is 1. The number of hydrogen-bond donors (Lipinski definition) is 2. The van der Waals surface area contributed by atoms with Crippen molar-refractivity contribution in [1.82, 2.24) is 4.90 Å². The zero-order valence-corrected chi connectivity index (χ0v) is 28.1. The molecule has 0 aliphatic carbocycles. The highest BCUT2D eigenvalue weighted by molar-refractivity contribution is 5.77. The van der Waals surface area contributed by atoms with Crippen LogP contribution in [-0.2, 0) is 34.1 Å². The van der Waals surface area contributed by atoms with E-state index in [0.717, 1.165) is 28.2 Å². The van der Waals surface area contributed by atoms with Crippen molar-refractivity contribution in [1.29, 1.82) is 0 Å². The lowest BCUT2D eigenvalue weighted by atomic mass is 9.80. The zero-order chi connectivity index (χ0) is 34.0. The summed E-state index contributed by atoms with van der Waals surface area (Å²) in [7, 11) is 3.27. The normalized spacial score (nSPS) is 16.3. The minimum absolute atomic E-state index is 0.0921. The summed E-state index contributed by atoms with van der Waals surface area (Å²) < 4.78 is 39.8. The summed E-state index contributed by atoms with van der Waals surface area (Å²) in [6, 6.07) is 25.3. The number of β-amino-alcohol motifs (C(OH)–C–C–N with tert-alkyl or cyclic N) is 1. The van der Waals surface area contributed by atoms with Gasteiger partial charge in [0, 0.05) is 13.1 Å². The van der Waals surface area contributed by atoms with E-state index in [0.29, 0.717) is 59.2 Å². The Labute approximate surface area is 283 Å². The van der Waals surface area contributed by atoms with Crippen LogP contribution in [0.15, 0.2) is 78.9 Å². The average molecular weight is 667 g/mol. The number of carbonyl (C=O) groups is 1. The fourth-order valence-corrected chi connectivity index (χ4v) is 5.80. The molecule has 48 heavy (non-hydrogen) atoms. The second kappa shape index (κ2) is 20.1. The first kappa shape index (κ1) is 37.3. The van der Waals surface area contributed by atoms with Crippen LogP contribution in [0, 0.1) is 0 Å². The standard InChI is InChI=1S/C37H50N2O9/c1-42-34-12-8-30(9-13-34)37(29-6-4-3-5-7-29,31-10-14-35(43-2)15-11-31)48-28-32-26-33(40)27-39(32)36(41)16-18-44-20-22-46-24-25-47-23-21-45-19-17-38/h3-15,32-33,40H,16-28,38H2,1-2H3/t32?,33-/m1/s1. The van der Waals surface area contributed by atoms with E-state index in [4.69, 9.17) is 38.9 Å². The predicted octanol–water partition coefficient (Wildman–Crippen LogP) is 3.39. The lowest BCUT2D eigenvalue weighted by molar-refractivity contribution is -0.135. The molecule has 3 N–H and O–H groups in total. The van der Waals surface area contributed by atoms with E-state index >= 15 is 0 Å². The van der Waals surface area contributed by atoms with E-state index in [-0.39, 0.29) is 38.1 Å². The smallest absolute Gasteiger partial charge is 0.225 e. The zero-order valence-electron chi connectivity index (χ0n) is 28.1. The first-order valence-corrected chi connectivity index (χ1v) is 16.5. The van der Waals surface area contributed by atoms with Crippen LogP contribution in [0.2, 0.25) is 0 Å². The molecule has 1 aliphatic heterocycles. The number of carbonyl (C=O) groups excluding carboxylic acids is 1. The van der Waals surface area contributed by atoms with Crippen LogP contribution < -0.4 is 15.2 Å². The molecule has 0 saturated carbocycles. The maximum Gasteiger partial charge on any atom is 0.225 e. The molecule has 1 amide bonds. The molecular weight excluding hydrogens is 616 g/mol. The Bertz CT molecular complexity index is 1280. The summed E-state index contributed by atoms with van der Waals surface area (Å²) >= 11 is 0. The molecule has 0 spiro atoms. The van der Waals surface area contributed by atoms with Crippen LogP contribution >= 0.6 is 0 Å². The van der Waals surface area contributed by atoms with Gasteiger partial charge in [-0.25, -0.2) is 0 Å². The molecule has 1 saturated heterocycles. The number of nitrogens with two attached hydrogens (primary N) is 1. The summed E-state index contributed by atoms with van der Waals surface area (Å²) in [6.45, 7) is 4.41. The number of methoxy groups -OCH3 is 2. The highest BCUT2D eigenvalue weighted by Gasteiger charge is 2.41. The van der Waals surface area contributed by atoms with Gasteiger partial charge < -0.3 is 48.9 Å². The number of benzene rings is 3. The van der Waals surface area contributed by atoms with E-state index in [1.807, 2.05) is 78.9 Å². The Hall–Kier alpha value is -3.55. The van der Waals surface area contributed by atoms with Crippen LogP contribution in [0.5, 0.6) is 11.5 Å². The first-order valence-electron chi connectivity index (χ1n) is 16.5. The number of rotatable bonds is 22. The van der Waals surface area contributed by atoms with Gasteiger partial charge in [0.25, 0.3) is 0 Å². The van der Waals surface area contributed by atoms with E-state index < -0.39 is 11.7 Å². The van der Waals surface area contributed by atoms with Gasteiger partial charge in [0.05, 0.1) is 92.2 Å². The molecule has 3 aromatic carbocycles. The molecule has 11 nitrogen and oxygen atoms in total. The van der Waals surface area contributed by atoms with Crippen LogP contribution in [0.4, 0.5) is 0 Å². The van der Waals surface area contributed by atoms with Gasteiger partial charge in [-0.15, -0.1) is 0 Å². The highest BCUT2D eigenvalue weighted by Crippen LogP contribution is 2.42. The van der Waals surface area contributed by atoms with E-state index in [2.05, 4.69) is 0 Å². The quantitative estimate of drug-likeness (QED) is 0.122. The Morgan fingerprint density at radius 2 is 1.21 bits per heavy atom. The van der Waals surface area contributed by atoms with Crippen molar-refractivity contribution < 1.29 is 43.1 Å². The van der Waals surface area contributed by atoms with Gasteiger partial charge in [-0.2, -0.15) is 0 Å². The van der Waals surface area contributed by atoms with Crippen LogP contribution in [0.1, 0.15) is 29.5 Å². The molecule has 262 valence electrons. The van der Waals surface area contributed by atoms with Crippen LogP contribution in [-0.4, -0.2) is 115 Å². The van der Waals surface area contributed by atoms with Crippen molar-refractivity contribution in [2.24, 2.45) is 5.73 Å². The maximum atomic E-state index is 13.4. The highest BCUT2D eigenvalue weighted by atomic mass is 16.6. The van der Waals surface area contributed by atoms with E-state index in [9.17, 15) is 9.90 Å². The van der Waals surface area contributed by atoms with Crippen LogP contribution in [0.3, 0.4) is 0 Å². The molecule has 1 fully saturated rings. The third-order valence-electron chi connectivity index (χ3n) is 8.22. The second-order valence-corrected chi connectivity index (χ2v) is 11.4. The number of hydrogen-bond acceptors (Lipinski definition) is 10. The molecule has 1 aliphatic rings. The fraction of sp³-hybridized carbons (Fsp3) is 0.486. The molecule has 1 unspecified atom stereocenters. The number of ether oxygens (including phenoxy) is 7. The Morgan fingerprint density at radius 3 is 1.71 bits per heavy atom. The molecule has 4 rings (SSSR count). The fourth-order valence-electron chi connectivity index (χ4n) is 5.80. The van der Waals surface area contributed by atoms with Crippen molar-refractivity contribution in [2.45, 2.75) is 30.6 Å². The lowest BCUT2D eigenvalue weighted by Gasteiger charge is -2.38. The molecule has 3 aromatic rings. The average Bonchev–Trinajstić information content (AvgIpc) is 3.51. The van der Waals surface area contributed by atoms with Crippen LogP contribution in [0.25, 0.3) is 0 Å². The SMILES string of the molecule is COc1ccc(C(OCC2C[C@@H](O)CN2C(=O)CCOCCOCCOCCOCCN)(c2ccccc2)c2ccc(OC)cc2)cc1. The van der Waals surface area contributed by atoms with E-state index in [1.165, 1.54) is 0 Å². The van der Waals surface area contributed by atoms with Crippen molar-refractivity contribution in [2.75, 3.05) is 86.8 Å². The van der Waals surface area contributed by atoms with Gasteiger partial charge in [0.15, 0.2) is 0 Å². The molecule has 0 bridgehead atoms. The minimum Gasteiger partial charge on any atom is -0.497 e. The predicted molar refractivity (Wildman–Crippen MR) is 181 cm³/mol. The van der Waals surface area contributed by atoms with Gasteiger partial charge in [-0.05, 0) is 47.4 Å². The molecule has 11 heteroatoms. The monoisotopic (exact) mass is 666 g/mol. The van der Waals surface area contributed by atoms with Crippen molar-refractivity contribution in [3.05, 3.63) is 95.6 Å². The summed E-state index contributed by atoms with van der Waals surface area (Å²) in [5.74, 6) is 1.37. The van der Waals surface area contributed by atoms with Crippen molar-refractivity contribution >= 4 is 5.91 Å². The number of likely N-dealkylation sites (tertiary alicyclic amines) is 1. The Balaban J connectivity index is 1.38. The largest absolute Gasteiger partial charge is 0.497 e. The maximum absolute atomic E-state index is 13.4. The first-order chi connectivity index (χ1) is 23.5. The van der Waals surface area contributed by atoms with Crippen molar-refractivity contribution in [3.63, 3.8) is 0 Å². The summed E-state index contributed by atoms with van der Waals surface area (Å²) in [5.41, 5.74) is 7.08. The van der Waals surface area contributed by atoms with Crippen molar-refractivity contribution in [3.8, 4) is 11.5 Å². The van der Waals surface area contributed by atoms with Gasteiger partial charge in [0.2, 0.25) is 5.91 Å². The molecule has 2 atom stereocenters. The number of aliphatic hydroxyl groups excluding tert-OH is 1. The Morgan fingerprint density at radius 1 is 0.729 bits per heavy atom. The molecular formula is C37H50N2O9. The summed E-state index contributed by atoms with van der Waals surface area (Å²) in [5, 5.41) is 10.7. The van der Waals surface area contributed by atoms with Gasteiger partial charge >= 0.3 is 0 Å². The lowest BCUT2D eigenvalue weighted by Crippen LogP contribution is -2.42. The molecule has 0 radical (unpaired) electrons. The number of aliphatic hydroxyl groups is 1. The second-order valence-electron chi connectivity index (χ2n) is 11.4. The van der Waals surface area contributed by atoms with Gasteiger partial charge in [0.1, 0.15) is 17.1 Å². The van der Waals surface area contributed by atoms with Gasteiger partial charge in [-0.1, -0.05) is 54.6 Å². The Kier molecular flexibility index (Phi) is 15.6. The minimum atomic E-state index is -1.02. The third kappa shape index (κ3) is 10.5. The summed E-state index contributed by atoms with van der Waals surface area (Å²) in [4.78, 5) is 15.1. The topological polar surface area (TPSA) is 131 Å².